The number of halogens is 1. The van der Waals surface area contributed by atoms with Crippen molar-refractivity contribution in [2.45, 2.75) is 0 Å². The summed E-state index contributed by atoms with van der Waals surface area (Å²) in [6.45, 7) is 0. The van der Waals surface area contributed by atoms with Crippen LogP contribution < -0.4 is 14.8 Å². The monoisotopic (exact) mass is 395 g/mol. The molecule has 0 fully saturated rings. The number of carbonyl (C=O) groups excluding carboxylic acids is 2. The van der Waals surface area contributed by atoms with E-state index in [4.69, 9.17) is 9.47 Å². The average Bonchev–Trinajstić information content (AvgIpc) is 2.61. The third kappa shape index (κ3) is 5.78. The molecule has 0 aliphatic carbocycles. The Morgan fingerprint density at radius 1 is 0.963 bits per heavy atom. The fraction of sp³-hybridized carbons (Fsp3) is 0.222. The Labute approximate surface area is 156 Å². The van der Waals surface area contributed by atoms with Crippen LogP contribution in [-0.4, -0.2) is 45.8 Å². The van der Waals surface area contributed by atoms with E-state index in [1.807, 2.05) is 0 Å². The Bertz CT molecular complexity index is 941. The topological polar surface area (TPSA) is 98.8 Å². The molecule has 1 amide bonds. The molecule has 2 aromatic carbocycles. The van der Waals surface area contributed by atoms with Gasteiger partial charge in [0.2, 0.25) is 5.91 Å². The minimum atomic E-state index is -4.00. The molecule has 0 aromatic heterocycles. The molecular formula is C18H18FNO6S. The van der Waals surface area contributed by atoms with E-state index in [0.29, 0.717) is 17.2 Å². The van der Waals surface area contributed by atoms with Crippen molar-refractivity contribution in [1.29, 1.82) is 0 Å². The van der Waals surface area contributed by atoms with Crippen LogP contribution in [-0.2, 0) is 14.6 Å². The molecule has 0 saturated heterocycles. The third-order valence-electron chi connectivity index (χ3n) is 3.54. The maximum Gasteiger partial charge on any atom is 0.239 e. The van der Waals surface area contributed by atoms with E-state index in [1.54, 1.807) is 6.07 Å². The van der Waals surface area contributed by atoms with Crippen LogP contribution in [0.2, 0.25) is 0 Å². The first kappa shape index (κ1) is 20.4. The highest BCUT2D eigenvalue weighted by Crippen LogP contribution is 2.29. The van der Waals surface area contributed by atoms with Crippen LogP contribution >= 0.6 is 0 Å². The minimum absolute atomic E-state index is 0.0558. The van der Waals surface area contributed by atoms with Crippen LogP contribution in [0.4, 0.5) is 10.1 Å². The highest BCUT2D eigenvalue weighted by molar-refractivity contribution is 7.92. The number of methoxy groups -OCH3 is 2. The number of sulfone groups is 1. The van der Waals surface area contributed by atoms with E-state index < -0.39 is 38.9 Å². The number of carbonyl (C=O) groups is 2. The molecule has 0 saturated carbocycles. The van der Waals surface area contributed by atoms with Crippen molar-refractivity contribution in [3.05, 3.63) is 53.8 Å². The van der Waals surface area contributed by atoms with Gasteiger partial charge in [-0.2, -0.15) is 0 Å². The van der Waals surface area contributed by atoms with Gasteiger partial charge in [0.25, 0.3) is 0 Å². The van der Waals surface area contributed by atoms with Crippen LogP contribution in [0.15, 0.2) is 42.5 Å². The summed E-state index contributed by atoms with van der Waals surface area (Å²) in [5.41, 5.74) is 0.373. The number of ketones is 1. The fourth-order valence-corrected chi connectivity index (χ4v) is 3.42. The zero-order valence-electron chi connectivity index (χ0n) is 14.7. The second-order valence-corrected chi connectivity index (χ2v) is 7.64. The molecule has 9 heteroatoms. The molecule has 0 bridgehead atoms. The number of benzene rings is 2. The Morgan fingerprint density at radius 2 is 1.59 bits per heavy atom. The molecule has 7 nitrogen and oxygen atoms in total. The molecule has 0 radical (unpaired) electrons. The van der Waals surface area contributed by atoms with Crippen molar-refractivity contribution in [1.82, 2.24) is 0 Å². The van der Waals surface area contributed by atoms with E-state index >= 15 is 0 Å². The van der Waals surface area contributed by atoms with Crippen LogP contribution in [0.1, 0.15) is 10.4 Å². The predicted octanol–water partition coefficient (Wildman–Crippen LogP) is 2.08. The maximum absolute atomic E-state index is 12.9. The number of rotatable bonds is 8. The molecule has 0 aliphatic rings. The van der Waals surface area contributed by atoms with E-state index in [-0.39, 0.29) is 5.56 Å². The van der Waals surface area contributed by atoms with Crippen LogP contribution in [0, 0.1) is 5.82 Å². The number of hydrogen-bond donors (Lipinski definition) is 1. The van der Waals surface area contributed by atoms with Crippen molar-refractivity contribution in [3.63, 3.8) is 0 Å². The minimum Gasteiger partial charge on any atom is -0.493 e. The van der Waals surface area contributed by atoms with E-state index in [2.05, 4.69) is 5.32 Å². The molecule has 0 unspecified atom stereocenters. The highest BCUT2D eigenvalue weighted by atomic mass is 32.2. The van der Waals surface area contributed by atoms with Gasteiger partial charge in [0.05, 0.1) is 14.2 Å². The zero-order valence-corrected chi connectivity index (χ0v) is 15.5. The lowest BCUT2D eigenvalue weighted by molar-refractivity contribution is -0.113. The van der Waals surface area contributed by atoms with Crippen molar-refractivity contribution in [2.75, 3.05) is 31.0 Å². The van der Waals surface area contributed by atoms with Gasteiger partial charge in [0, 0.05) is 17.3 Å². The van der Waals surface area contributed by atoms with Gasteiger partial charge in [0.15, 0.2) is 27.1 Å². The lowest BCUT2D eigenvalue weighted by atomic mass is 10.1. The van der Waals surface area contributed by atoms with Crippen LogP contribution in [0.25, 0.3) is 0 Å². The summed E-state index contributed by atoms with van der Waals surface area (Å²) in [4.78, 5) is 24.0. The molecule has 0 atom stereocenters. The summed E-state index contributed by atoms with van der Waals surface area (Å²) in [7, 11) is -1.11. The Kier molecular flexibility index (Phi) is 6.51. The van der Waals surface area contributed by atoms with Gasteiger partial charge in [-0.15, -0.1) is 0 Å². The first-order valence-corrected chi connectivity index (χ1v) is 9.57. The maximum atomic E-state index is 12.9. The van der Waals surface area contributed by atoms with Gasteiger partial charge in [0.1, 0.15) is 17.3 Å². The lowest BCUT2D eigenvalue weighted by Crippen LogP contribution is -2.27. The summed E-state index contributed by atoms with van der Waals surface area (Å²) in [5, 5.41) is 2.43. The standard InChI is InChI=1S/C18H18FNO6S/c1-25-16-8-7-14(9-17(16)26-2)20-18(22)11-27(23,24)10-15(21)12-3-5-13(19)6-4-12/h3-9H,10-11H2,1-2H3,(H,20,22). The van der Waals surface area contributed by atoms with Crippen molar-refractivity contribution in [3.8, 4) is 11.5 Å². The number of amides is 1. The average molecular weight is 395 g/mol. The number of nitrogens with one attached hydrogen (secondary N) is 1. The molecule has 0 spiro atoms. The molecule has 2 aromatic rings. The summed E-state index contributed by atoms with van der Waals surface area (Å²) in [6.07, 6.45) is 0. The Hall–Kier alpha value is -2.94. The van der Waals surface area contributed by atoms with E-state index in [1.165, 1.54) is 38.5 Å². The van der Waals surface area contributed by atoms with Crippen LogP contribution in [0.3, 0.4) is 0 Å². The SMILES string of the molecule is COc1ccc(NC(=O)CS(=O)(=O)CC(=O)c2ccc(F)cc2)cc1OC. The molecule has 27 heavy (non-hydrogen) atoms. The van der Waals surface area contributed by atoms with Gasteiger partial charge in [-0.1, -0.05) is 0 Å². The molecule has 0 heterocycles. The Morgan fingerprint density at radius 3 is 2.19 bits per heavy atom. The van der Waals surface area contributed by atoms with Gasteiger partial charge >= 0.3 is 0 Å². The smallest absolute Gasteiger partial charge is 0.239 e. The normalized spacial score (nSPS) is 10.9. The first-order chi connectivity index (χ1) is 12.7. The zero-order chi connectivity index (χ0) is 20.0. The van der Waals surface area contributed by atoms with Crippen LogP contribution in [0.5, 0.6) is 11.5 Å². The van der Waals surface area contributed by atoms with Gasteiger partial charge < -0.3 is 14.8 Å². The highest BCUT2D eigenvalue weighted by Gasteiger charge is 2.22. The fourth-order valence-electron chi connectivity index (χ4n) is 2.28. The second-order valence-electron chi connectivity index (χ2n) is 5.58. The molecule has 144 valence electrons. The Balaban J connectivity index is 2.01. The van der Waals surface area contributed by atoms with E-state index in [0.717, 1.165) is 12.1 Å². The number of Topliss-reactive ketones (excluding diaryl/α,β-unsaturated/α-hetero) is 1. The predicted molar refractivity (Wildman–Crippen MR) is 97.6 cm³/mol. The lowest BCUT2D eigenvalue weighted by Gasteiger charge is -2.10. The second kappa shape index (κ2) is 8.63. The van der Waals surface area contributed by atoms with Gasteiger partial charge in [-0.05, 0) is 36.4 Å². The van der Waals surface area contributed by atoms with Gasteiger partial charge in [-0.3, -0.25) is 9.59 Å². The summed E-state index contributed by atoms with van der Waals surface area (Å²) in [6, 6.07) is 9.06. The largest absolute Gasteiger partial charge is 0.493 e. The quantitative estimate of drug-likeness (QED) is 0.687. The molecule has 2 rings (SSSR count). The molecule has 1 N–H and O–H groups in total. The number of ether oxygens (including phenoxy) is 2. The summed E-state index contributed by atoms with van der Waals surface area (Å²) >= 11 is 0. The number of hydrogen-bond acceptors (Lipinski definition) is 6. The molecular weight excluding hydrogens is 377 g/mol. The summed E-state index contributed by atoms with van der Waals surface area (Å²) < 4.78 is 47.3. The van der Waals surface area contributed by atoms with Crippen molar-refractivity contribution < 1.29 is 31.9 Å². The first-order valence-electron chi connectivity index (χ1n) is 7.75. The number of anilines is 1. The van der Waals surface area contributed by atoms with Gasteiger partial charge in [-0.25, -0.2) is 12.8 Å². The summed E-state index contributed by atoms with van der Waals surface area (Å²) in [5.74, 6) is -2.95. The molecule has 0 aliphatic heterocycles. The van der Waals surface area contributed by atoms with E-state index in [9.17, 15) is 22.4 Å². The van der Waals surface area contributed by atoms with Crippen molar-refractivity contribution >= 4 is 27.2 Å². The van der Waals surface area contributed by atoms with Crippen molar-refractivity contribution in [2.24, 2.45) is 0 Å². The third-order valence-corrected chi connectivity index (χ3v) is 4.94.